The molecule has 0 saturated carbocycles. The fourth-order valence-corrected chi connectivity index (χ4v) is 14.7. The summed E-state index contributed by atoms with van der Waals surface area (Å²) in [5.74, 6) is -1.29. The Kier molecular flexibility index (Phi) is 75.4. The minimum atomic E-state index is -4.96. The summed E-state index contributed by atoms with van der Waals surface area (Å²) in [4.78, 5) is 73.1. The maximum Gasteiger partial charge on any atom is 0.472 e. The lowest BCUT2D eigenvalue weighted by atomic mass is 10.0. The third-order valence-electron chi connectivity index (χ3n) is 19.8. The van der Waals surface area contributed by atoms with Crippen LogP contribution in [0.3, 0.4) is 0 Å². The van der Waals surface area contributed by atoms with Crippen molar-refractivity contribution in [2.45, 2.75) is 470 Å². The summed E-state index contributed by atoms with van der Waals surface area (Å²) in [6.07, 6.45) is 69.3. The Bertz CT molecular complexity index is 1960. The lowest BCUT2D eigenvalue weighted by Crippen LogP contribution is -2.30. The van der Waals surface area contributed by atoms with Gasteiger partial charge in [-0.15, -0.1) is 0 Å². The van der Waals surface area contributed by atoms with E-state index in [2.05, 4.69) is 34.6 Å². The molecule has 0 radical (unpaired) electrons. The normalized spacial score (nSPS) is 13.8. The van der Waals surface area contributed by atoms with Crippen molar-refractivity contribution in [1.29, 1.82) is 0 Å². The molecule has 17 nitrogen and oxygen atoms in total. The van der Waals surface area contributed by atoms with Crippen molar-refractivity contribution in [3.63, 3.8) is 0 Å². The smallest absolute Gasteiger partial charge is 0.462 e. The van der Waals surface area contributed by atoms with Crippen LogP contribution in [0.4, 0.5) is 0 Å². The summed E-state index contributed by atoms with van der Waals surface area (Å²) >= 11 is 0. The van der Waals surface area contributed by atoms with Gasteiger partial charge in [0.25, 0.3) is 0 Å². The minimum Gasteiger partial charge on any atom is -0.462 e. The number of aliphatic hydroxyl groups excluding tert-OH is 1. The predicted molar refractivity (Wildman–Crippen MR) is 423 cm³/mol. The topological polar surface area (TPSA) is 237 Å². The molecule has 0 fully saturated rings. The molecule has 612 valence electrons. The van der Waals surface area contributed by atoms with Crippen LogP contribution in [-0.2, 0) is 65.4 Å². The molecule has 3 N–H and O–H groups in total. The molecule has 0 rings (SSSR count). The Morgan fingerprint density at radius 3 is 0.660 bits per heavy atom. The zero-order chi connectivity index (χ0) is 75.5. The molecule has 19 heteroatoms. The van der Waals surface area contributed by atoms with E-state index in [1.165, 1.54) is 276 Å². The summed E-state index contributed by atoms with van der Waals surface area (Å²) < 4.78 is 68.8. The van der Waals surface area contributed by atoms with Gasteiger partial charge in [0.05, 0.1) is 26.4 Å². The fraction of sp³-hybridized carbons (Fsp3) is 0.952. The monoisotopic (exact) mass is 1510 g/mol. The van der Waals surface area contributed by atoms with Gasteiger partial charge < -0.3 is 33.8 Å². The summed E-state index contributed by atoms with van der Waals surface area (Å²) in [5, 5.41) is 10.7. The highest BCUT2D eigenvalue weighted by Gasteiger charge is 2.30. The molecule has 0 spiro atoms. The number of phosphoric acid groups is 2. The molecule has 0 amide bonds. The van der Waals surface area contributed by atoms with Crippen molar-refractivity contribution in [3.05, 3.63) is 0 Å². The third kappa shape index (κ3) is 78.0. The van der Waals surface area contributed by atoms with E-state index in [9.17, 15) is 43.2 Å². The van der Waals surface area contributed by atoms with E-state index in [1.54, 1.807) is 0 Å². The Labute approximate surface area is 632 Å². The van der Waals surface area contributed by atoms with Crippen LogP contribution < -0.4 is 0 Å². The van der Waals surface area contributed by atoms with E-state index in [0.29, 0.717) is 25.7 Å². The number of carbonyl (C=O) groups excluding carboxylic acids is 4. The van der Waals surface area contributed by atoms with Gasteiger partial charge in [-0.1, -0.05) is 401 Å². The highest BCUT2D eigenvalue weighted by atomic mass is 31.2. The van der Waals surface area contributed by atoms with Gasteiger partial charge >= 0.3 is 39.5 Å². The molecule has 0 aliphatic carbocycles. The number of carbonyl (C=O) groups is 4. The first kappa shape index (κ1) is 101. The summed E-state index contributed by atoms with van der Waals surface area (Å²) in [7, 11) is -9.92. The Morgan fingerprint density at radius 2 is 0.447 bits per heavy atom. The Morgan fingerprint density at radius 1 is 0.262 bits per heavy atom. The quantitative estimate of drug-likeness (QED) is 0.0222. The molecular weight excluding hydrogens is 1340 g/mol. The van der Waals surface area contributed by atoms with Gasteiger partial charge in [0, 0.05) is 25.7 Å². The van der Waals surface area contributed by atoms with Crippen molar-refractivity contribution in [3.8, 4) is 0 Å². The maximum atomic E-state index is 13.1. The lowest BCUT2D eigenvalue weighted by Gasteiger charge is -2.21. The molecule has 0 heterocycles. The van der Waals surface area contributed by atoms with Crippen LogP contribution in [0, 0.1) is 5.92 Å². The molecule has 5 atom stereocenters. The van der Waals surface area contributed by atoms with Crippen LogP contribution in [-0.4, -0.2) is 96.7 Å². The third-order valence-corrected chi connectivity index (χ3v) is 21.7. The van der Waals surface area contributed by atoms with Gasteiger partial charge in [0.15, 0.2) is 12.2 Å². The molecule has 0 aliphatic rings. The molecule has 0 aromatic heterocycles. The average molecular weight is 1510 g/mol. The molecule has 0 bridgehead atoms. The second-order valence-corrected chi connectivity index (χ2v) is 33.6. The van der Waals surface area contributed by atoms with E-state index < -0.39 is 97.5 Å². The molecule has 103 heavy (non-hydrogen) atoms. The standard InChI is InChI=1S/C84H164O17P2/c1-6-9-12-15-18-21-24-26-28-29-30-31-32-35-40-45-50-55-60-65-70-84(89)101-80(74-95-82(87)68-63-58-53-48-43-39-36-33-34-37-42-46-51-56-61-66-77(4)5)76-99-103(92,93)97-72-78(85)71-96-102(90,91)98-75-79(73-94-81(86)67-62-57-52-47-41-23-20-17-14-11-8-3)100-83(88)69-64-59-54-49-44-38-27-25-22-19-16-13-10-7-2/h77-80,85H,6-76H2,1-5H3,(H,90,91)(H,92,93)/t78-,79+,80+/m0/s1. The summed E-state index contributed by atoms with van der Waals surface area (Å²) in [6.45, 7) is 7.38. The van der Waals surface area contributed by atoms with Crippen molar-refractivity contribution in [2.24, 2.45) is 5.92 Å². The second-order valence-electron chi connectivity index (χ2n) is 30.7. The molecule has 0 aliphatic heterocycles. The highest BCUT2D eigenvalue weighted by molar-refractivity contribution is 7.47. The van der Waals surface area contributed by atoms with E-state index in [4.69, 9.17) is 37.0 Å². The van der Waals surface area contributed by atoms with Crippen LogP contribution >= 0.6 is 15.6 Å². The van der Waals surface area contributed by atoms with Gasteiger partial charge in [-0.25, -0.2) is 9.13 Å². The first-order chi connectivity index (χ1) is 50.0. The predicted octanol–water partition coefficient (Wildman–Crippen LogP) is 25.6. The Balaban J connectivity index is 5.24. The van der Waals surface area contributed by atoms with Crippen molar-refractivity contribution in [1.82, 2.24) is 0 Å². The number of hydrogen-bond donors (Lipinski definition) is 3. The van der Waals surface area contributed by atoms with E-state index >= 15 is 0 Å². The van der Waals surface area contributed by atoms with E-state index in [1.807, 2.05) is 0 Å². The van der Waals surface area contributed by atoms with Crippen molar-refractivity contribution >= 4 is 39.5 Å². The number of hydrogen-bond acceptors (Lipinski definition) is 15. The number of phosphoric ester groups is 2. The van der Waals surface area contributed by atoms with Crippen LogP contribution in [0.5, 0.6) is 0 Å². The molecule has 0 aromatic carbocycles. The highest BCUT2D eigenvalue weighted by Crippen LogP contribution is 2.45. The van der Waals surface area contributed by atoms with Crippen LogP contribution in [0.2, 0.25) is 0 Å². The average Bonchev–Trinajstić information content (AvgIpc) is 0.917. The molecule has 0 saturated heterocycles. The number of rotatable bonds is 84. The zero-order valence-electron chi connectivity index (χ0n) is 67.5. The van der Waals surface area contributed by atoms with Gasteiger partial charge in [-0.3, -0.25) is 37.3 Å². The molecule has 0 aromatic rings. The summed E-state index contributed by atoms with van der Waals surface area (Å²) in [6, 6.07) is 0. The number of ether oxygens (including phenoxy) is 4. The number of esters is 4. The minimum absolute atomic E-state index is 0.109. The number of aliphatic hydroxyl groups is 1. The number of unbranched alkanes of at least 4 members (excludes halogenated alkanes) is 56. The first-order valence-corrected chi connectivity index (χ1v) is 46.6. The van der Waals surface area contributed by atoms with Crippen LogP contribution in [0.1, 0.15) is 452 Å². The first-order valence-electron chi connectivity index (χ1n) is 43.6. The maximum absolute atomic E-state index is 13.1. The van der Waals surface area contributed by atoms with Crippen LogP contribution in [0.25, 0.3) is 0 Å². The zero-order valence-corrected chi connectivity index (χ0v) is 69.3. The lowest BCUT2D eigenvalue weighted by molar-refractivity contribution is -0.161. The molecular formula is C84H164O17P2. The van der Waals surface area contributed by atoms with Gasteiger partial charge in [0.2, 0.25) is 0 Å². The van der Waals surface area contributed by atoms with Gasteiger partial charge in [-0.2, -0.15) is 0 Å². The van der Waals surface area contributed by atoms with Gasteiger partial charge in [0.1, 0.15) is 19.3 Å². The van der Waals surface area contributed by atoms with Crippen molar-refractivity contribution < 1.29 is 80.2 Å². The van der Waals surface area contributed by atoms with E-state index in [0.717, 1.165) is 95.8 Å². The SMILES string of the molecule is CCCCCCCCCCCCCCCCCCCCCCC(=O)O[C@H](COC(=O)CCCCCCCCCCCCCCCCCC(C)C)COP(=O)(O)OC[C@@H](O)COP(=O)(O)OC[C@@H](COC(=O)CCCCCCCCCCCCC)OC(=O)CCCCCCCCCCCCCCCC. The summed E-state index contributed by atoms with van der Waals surface area (Å²) in [5.41, 5.74) is 0. The van der Waals surface area contributed by atoms with E-state index in [-0.39, 0.29) is 25.7 Å². The second kappa shape index (κ2) is 76.8. The van der Waals surface area contributed by atoms with Crippen molar-refractivity contribution in [2.75, 3.05) is 39.6 Å². The molecule has 2 unspecified atom stereocenters. The van der Waals surface area contributed by atoms with Gasteiger partial charge in [-0.05, 0) is 31.6 Å². The van der Waals surface area contributed by atoms with Crippen LogP contribution in [0.15, 0.2) is 0 Å². The fourth-order valence-electron chi connectivity index (χ4n) is 13.1. The Hall–Kier alpha value is -1.94. The largest absolute Gasteiger partial charge is 0.472 e.